The Bertz CT molecular complexity index is 299. The lowest BCUT2D eigenvalue weighted by Crippen LogP contribution is -2.43. The number of hydrogen-bond donors (Lipinski definition) is 1. The summed E-state index contributed by atoms with van der Waals surface area (Å²) in [5.41, 5.74) is 1.50. The van der Waals surface area contributed by atoms with Crippen molar-refractivity contribution >= 4 is 11.6 Å². The first-order valence-electron chi connectivity index (χ1n) is 5.22. The maximum Gasteiger partial charge on any atom is 0.0406 e. The summed E-state index contributed by atoms with van der Waals surface area (Å²) in [4.78, 5) is 0. The van der Waals surface area contributed by atoms with Gasteiger partial charge >= 0.3 is 0 Å². The summed E-state index contributed by atoms with van der Waals surface area (Å²) in [5, 5.41) is 4.40. The average Bonchev–Trinajstić information content (AvgIpc) is 2.19. The minimum absolute atomic E-state index is 0.156. The second kappa shape index (κ2) is 3.92. The van der Waals surface area contributed by atoms with Crippen LogP contribution in [0.3, 0.4) is 0 Å². The molecule has 2 rings (SSSR count). The van der Waals surface area contributed by atoms with Crippen LogP contribution in [-0.4, -0.2) is 6.54 Å². The first-order valence-corrected chi connectivity index (χ1v) is 5.60. The largest absolute Gasteiger partial charge is 0.308 e. The Kier molecular flexibility index (Phi) is 2.80. The van der Waals surface area contributed by atoms with Gasteiger partial charge < -0.3 is 5.32 Å². The molecule has 1 aromatic rings. The number of hydrogen-bond acceptors (Lipinski definition) is 1. The molecule has 0 aromatic heterocycles. The molecule has 1 aliphatic rings. The lowest BCUT2D eigenvalue weighted by Gasteiger charge is -2.35. The standard InChI is InChI=1S/C12H16ClN/c1-12(8-2-3-9-14-12)10-4-6-11(13)7-5-10/h4-7,14H,2-3,8-9H2,1H3. The van der Waals surface area contributed by atoms with Gasteiger partial charge in [0.25, 0.3) is 0 Å². The fraction of sp³-hybridized carbons (Fsp3) is 0.500. The number of halogens is 1. The molecule has 0 spiro atoms. The monoisotopic (exact) mass is 209 g/mol. The molecule has 1 heterocycles. The Morgan fingerprint density at radius 1 is 1.21 bits per heavy atom. The maximum absolute atomic E-state index is 5.88. The Morgan fingerprint density at radius 3 is 2.50 bits per heavy atom. The number of rotatable bonds is 1. The smallest absolute Gasteiger partial charge is 0.0406 e. The van der Waals surface area contributed by atoms with E-state index in [0.29, 0.717) is 0 Å². The molecule has 1 nitrogen and oxygen atoms in total. The molecule has 1 aliphatic heterocycles. The lowest BCUT2D eigenvalue weighted by molar-refractivity contribution is 0.283. The van der Waals surface area contributed by atoms with E-state index in [9.17, 15) is 0 Å². The van der Waals surface area contributed by atoms with E-state index in [1.54, 1.807) is 0 Å². The molecule has 2 heteroatoms. The van der Waals surface area contributed by atoms with Gasteiger partial charge in [0.2, 0.25) is 0 Å². The minimum atomic E-state index is 0.156. The first-order chi connectivity index (χ1) is 6.71. The third kappa shape index (κ3) is 1.94. The highest BCUT2D eigenvalue weighted by Crippen LogP contribution is 2.30. The number of benzene rings is 1. The van der Waals surface area contributed by atoms with Crippen LogP contribution in [0.2, 0.25) is 5.02 Å². The Hall–Kier alpha value is -0.530. The molecule has 1 saturated heterocycles. The van der Waals surface area contributed by atoms with Crippen molar-refractivity contribution in [2.24, 2.45) is 0 Å². The highest BCUT2D eigenvalue weighted by atomic mass is 35.5. The molecule has 0 saturated carbocycles. The van der Waals surface area contributed by atoms with E-state index in [0.717, 1.165) is 11.6 Å². The van der Waals surface area contributed by atoms with Crippen LogP contribution in [-0.2, 0) is 5.54 Å². The fourth-order valence-corrected chi connectivity index (χ4v) is 2.25. The number of piperidine rings is 1. The normalized spacial score (nSPS) is 27.6. The Balaban J connectivity index is 2.23. The van der Waals surface area contributed by atoms with Gasteiger partial charge in [0.1, 0.15) is 0 Å². The van der Waals surface area contributed by atoms with Crippen LogP contribution in [0.1, 0.15) is 31.7 Å². The van der Waals surface area contributed by atoms with E-state index < -0.39 is 0 Å². The van der Waals surface area contributed by atoms with E-state index in [1.807, 2.05) is 12.1 Å². The zero-order chi connectivity index (χ0) is 10.0. The SMILES string of the molecule is CC1(c2ccc(Cl)cc2)CCCCN1. The summed E-state index contributed by atoms with van der Waals surface area (Å²) < 4.78 is 0. The molecule has 0 radical (unpaired) electrons. The van der Waals surface area contributed by atoms with Gasteiger partial charge in [0.15, 0.2) is 0 Å². The molecule has 1 aromatic carbocycles. The van der Waals surface area contributed by atoms with Crippen molar-refractivity contribution in [3.8, 4) is 0 Å². The lowest BCUT2D eigenvalue weighted by atomic mass is 9.84. The van der Waals surface area contributed by atoms with Crippen molar-refractivity contribution in [2.75, 3.05) is 6.54 Å². The van der Waals surface area contributed by atoms with E-state index in [-0.39, 0.29) is 5.54 Å². The molecular weight excluding hydrogens is 194 g/mol. The van der Waals surface area contributed by atoms with Crippen molar-refractivity contribution in [3.63, 3.8) is 0 Å². The predicted molar refractivity (Wildman–Crippen MR) is 60.7 cm³/mol. The first kappa shape index (κ1) is 10.0. The second-order valence-electron chi connectivity index (χ2n) is 4.22. The topological polar surface area (TPSA) is 12.0 Å². The third-order valence-electron chi connectivity index (χ3n) is 3.10. The van der Waals surface area contributed by atoms with Gasteiger partial charge in [-0.2, -0.15) is 0 Å². The van der Waals surface area contributed by atoms with Crippen LogP contribution in [0.5, 0.6) is 0 Å². The number of nitrogens with one attached hydrogen (secondary N) is 1. The van der Waals surface area contributed by atoms with E-state index in [4.69, 9.17) is 11.6 Å². The molecule has 1 N–H and O–H groups in total. The summed E-state index contributed by atoms with van der Waals surface area (Å²) in [6.45, 7) is 3.40. The zero-order valence-corrected chi connectivity index (χ0v) is 9.27. The zero-order valence-electron chi connectivity index (χ0n) is 8.52. The van der Waals surface area contributed by atoms with E-state index in [1.165, 1.54) is 24.8 Å². The van der Waals surface area contributed by atoms with Gasteiger partial charge in [-0.25, -0.2) is 0 Å². The van der Waals surface area contributed by atoms with Gasteiger partial charge in [0, 0.05) is 10.6 Å². The van der Waals surface area contributed by atoms with Crippen molar-refractivity contribution in [3.05, 3.63) is 34.9 Å². The third-order valence-corrected chi connectivity index (χ3v) is 3.35. The molecule has 1 fully saturated rings. The van der Waals surface area contributed by atoms with Crippen LogP contribution in [0.15, 0.2) is 24.3 Å². The van der Waals surface area contributed by atoms with Crippen LogP contribution in [0, 0.1) is 0 Å². The van der Waals surface area contributed by atoms with Crippen LogP contribution in [0.4, 0.5) is 0 Å². The molecule has 14 heavy (non-hydrogen) atoms. The van der Waals surface area contributed by atoms with E-state index in [2.05, 4.69) is 24.4 Å². The van der Waals surface area contributed by atoms with E-state index >= 15 is 0 Å². The Labute approximate surface area is 90.5 Å². The summed E-state index contributed by atoms with van der Waals surface area (Å²) in [5.74, 6) is 0. The van der Waals surface area contributed by atoms with Gasteiger partial charge in [-0.15, -0.1) is 0 Å². The minimum Gasteiger partial charge on any atom is -0.308 e. The molecular formula is C12H16ClN. The highest BCUT2D eigenvalue weighted by Gasteiger charge is 2.27. The second-order valence-corrected chi connectivity index (χ2v) is 4.66. The highest BCUT2D eigenvalue weighted by molar-refractivity contribution is 6.30. The van der Waals surface area contributed by atoms with Crippen molar-refractivity contribution in [1.29, 1.82) is 0 Å². The van der Waals surface area contributed by atoms with Gasteiger partial charge in [0.05, 0.1) is 0 Å². The molecule has 0 amide bonds. The fourth-order valence-electron chi connectivity index (χ4n) is 2.12. The van der Waals surface area contributed by atoms with Crippen molar-refractivity contribution in [2.45, 2.75) is 31.7 Å². The van der Waals surface area contributed by atoms with Gasteiger partial charge in [-0.05, 0) is 44.0 Å². The summed E-state index contributed by atoms with van der Waals surface area (Å²) in [6.07, 6.45) is 3.82. The van der Waals surface area contributed by atoms with Gasteiger partial charge in [-0.1, -0.05) is 30.2 Å². The predicted octanol–water partition coefficient (Wildman–Crippen LogP) is 3.33. The average molecular weight is 210 g/mol. The van der Waals surface area contributed by atoms with Crippen molar-refractivity contribution in [1.82, 2.24) is 5.32 Å². The molecule has 1 unspecified atom stereocenters. The Morgan fingerprint density at radius 2 is 1.93 bits per heavy atom. The quantitative estimate of drug-likeness (QED) is 0.748. The summed E-state index contributed by atoms with van der Waals surface area (Å²) in [6, 6.07) is 8.19. The summed E-state index contributed by atoms with van der Waals surface area (Å²) >= 11 is 5.88. The van der Waals surface area contributed by atoms with Crippen LogP contribution in [0.25, 0.3) is 0 Å². The van der Waals surface area contributed by atoms with Crippen molar-refractivity contribution < 1.29 is 0 Å². The molecule has 0 bridgehead atoms. The van der Waals surface area contributed by atoms with Crippen LogP contribution < -0.4 is 5.32 Å². The molecule has 0 aliphatic carbocycles. The summed E-state index contributed by atoms with van der Waals surface area (Å²) in [7, 11) is 0. The molecule has 1 atom stereocenters. The molecule has 76 valence electrons. The maximum atomic E-state index is 5.88. The van der Waals surface area contributed by atoms with Crippen LogP contribution >= 0.6 is 11.6 Å². The van der Waals surface area contributed by atoms with Gasteiger partial charge in [-0.3, -0.25) is 0 Å².